The van der Waals surface area contributed by atoms with Crippen molar-refractivity contribution in [2.75, 3.05) is 47.0 Å². The Balaban J connectivity index is 0. The van der Waals surface area contributed by atoms with Crippen molar-refractivity contribution in [2.24, 2.45) is 5.92 Å². The van der Waals surface area contributed by atoms with Gasteiger partial charge in [-0.3, -0.25) is 0 Å². The predicted molar refractivity (Wildman–Crippen MR) is 236 cm³/mol. The first-order chi connectivity index (χ1) is 25.9. The van der Waals surface area contributed by atoms with Gasteiger partial charge in [-0.2, -0.15) is 0 Å². The monoisotopic (exact) mass is 828 g/mol. The molecule has 3 unspecified atom stereocenters. The molecule has 0 saturated carbocycles. The maximum absolute atomic E-state index is 9.74. The maximum atomic E-state index is 9.74. The minimum atomic E-state index is 0. The third-order valence-electron chi connectivity index (χ3n) is 11.4. The lowest BCUT2D eigenvalue weighted by Gasteiger charge is -2.37. The Morgan fingerprint density at radius 1 is 0.481 bits per heavy atom. The summed E-state index contributed by atoms with van der Waals surface area (Å²) in [6.45, 7) is 13.0. The van der Waals surface area contributed by atoms with Crippen molar-refractivity contribution in [2.45, 2.75) is 239 Å². The van der Waals surface area contributed by atoms with Crippen LogP contribution in [-0.2, 0) is 9.47 Å². The van der Waals surface area contributed by atoms with E-state index in [0.29, 0.717) is 12.0 Å². The van der Waals surface area contributed by atoms with Gasteiger partial charge in [0.15, 0.2) is 0 Å². The molecule has 324 valence electrons. The predicted octanol–water partition coefficient (Wildman–Crippen LogP) is 11.7. The van der Waals surface area contributed by atoms with Crippen molar-refractivity contribution in [1.29, 1.82) is 0 Å². The van der Waals surface area contributed by atoms with Crippen molar-refractivity contribution in [1.82, 2.24) is 0 Å². The van der Waals surface area contributed by atoms with Crippen molar-refractivity contribution in [3.63, 3.8) is 0 Å². The highest BCUT2D eigenvalue weighted by Crippen LogP contribution is 2.25. The normalized spacial score (nSPS) is 13.9. The van der Waals surface area contributed by atoms with Gasteiger partial charge in [0.25, 0.3) is 0 Å². The van der Waals surface area contributed by atoms with Crippen LogP contribution in [0.1, 0.15) is 227 Å². The second-order valence-electron chi connectivity index (χ2n) is 17.2. The number of hydrogen-bond acceptors (Lipinski definition) is 3. The molecule has 0 fully saturated rings. The van der Waals surface area contributed by atoms with E-state index in [1.54, 1.807) is 0 Å². The number of quaternary nitrogens is 1. The first-order valence-corrected chi connectivity index (χ1v) is 23.9. The van der Waals surface area contributed by atoms with Gasteiger partial charge < -0.3 is 36.0 Å². The summed E-state index contributed by atoms with van der Waals surface area (Å²) in [6, 6.07) is 0. The molecule has 0 aromatic heterocycles. The number of allylic oxidation sites excluding steroid dienone is 4. The topological polar surface area (TPSA) is 38.7 Å². The molecule has 0 aliphatic rings. The van der Waals surface area contributed by atoms with Crippen LogP contribution in [-0.4, -0.2) is 68.8 Å². The first kappa shape index (κ1) is 55.9. The lowest BCUT2D eigenvalue weighted by Crippen LogP contribution is -3.00. The highest BCUT2D eigenvalue weighted by molar-refractivity contribution is 4.82. The van der Waals surface area contributed by atoms with Crippen LogP contribution in [0, 0.1) is 5.92 Å². The molecule has 0 heterocycles. The molecule has 1 N–H and O–H groups in total. The molecule has 0 aliphatic carbocycles. The highest BCUT2D eigenvalue weighted by Gasteiger charge is 2.31. The second kappa shape index (κ2) is 43.9. The molecule has 3 atom stereocenters. The zero-order valence-electron chi connectivity index (χ0n) is 37.6. The molecular weight excluding hydrogens is 730 g/mol. The Labute approximate surface area is 350 Å². The number of rotatable bonds is 43. The van der Waals surface area contributed by atoms with E-state index < -0.39 is 0 Å². The van der Waals surface area contributed by atoms with E-state index in [4.69, 9.17) is 9.47 Å². The second-order valence-corrected chi connectivity index (χ2v) is 17.2. The summed E-state index contributed by atoms with van der Waals surface area (Å²) in [5.74, 6) is 0.445. The molecule has 0 spiro atoms. The average Bonchev–Trinajstić information content (AvgIpc) is 3.14. The number of aliphatic hydroxyl groups is 1. The summed E-state index contributed by atoms with van der Waals surface area (Å²) in [6.07, 6.45) is 50.8. The van der Waals surface area contributed by atoms with Crippen LogP contribution in [0.15, 0.2) is 24.3 Å². The number of hydrogen-bond donors (Lipinski definition) is 1. The average molecular weight is 829 g/mol. The lowest BCUT2D eigenvalue weighted by molar-refractivity contribution is -0.894. The third kappa shape index (κ3) is 38.7. The largest absolute Gasteiger partial charge is 1.00 e. The van der Waals surface area contributed by atoms with Crippen molar-refractivity contribution in [3.8, 4) is 0 Å². The summed E-state index contributed by atoms with van der Waals surface area (Å²) >= 11 is 0. The summed E-state index contributed by atoms with van der Waals surface area (Å²) in [5, 5.41) is 9.74. The van der Waals surface area contributed by atoms with Gasteiger partial charge in [-0.1, -0.05) is 168 Å². The van der Waals surface area contributed by atoms with Crippen LogP contribution in [0.25, 0.3) is 0 Å². The van der Waals surface area contributed by atoms with Gasteiger partial charge in [0.2, 0.25) is 0 Å². The molecule has 0 aromatic rings. The van der Waals surface area contributed by atoms with Crippen LogP contribution in [0.3, 0.4) is 0 Å². The number of ether oxygens (including phenoxy) is 2. The summed E-state index contributed by atoms with van der Waals surface area (Å²) in [5.41, 5.74) is 0. The van der Waals surface area contributed by atoms with E-state index in [1.807, 2.05) is 0 Å². The minimum absolute atomic E-state index is 0. The number of halogens is 1. The zero-order valence-corrected chi connectivity index (χ0v) is 39.2. The fourth-order valence-electron chi connectivity index (χ4n) is 7.80. The summed E-state index contributed by atoms with van der Waals surface area (Å²) < 4.78 is 14.0. The quantitative estimate of drug-likeness (QED) is 0.0378. The maximum Gasteiger partial charge on any atom is 0.102 e. The molecule has 0 amide bonds. The smallest absolute Gasteiger partial charge is 0.102 e. The van der Waals surface area contributed by atoms with Gasteiger partial charge in [-0.25, -0.2) is 0 Å². The standard InChI is InChI=1S/C49H98NO3.BrH/c1-7-11-13-15-17-19-21-23-25-27-29-31-33-35-37-39-43-52-48(9-3)45-47(46-50(5,6)41-42-51)49(10-4)53-44-40-38-36-34-32-30-28-26-24-22-20-18-16-14-12-8-2;/h23-26,47-49,51H,7-22,27-46H2,1-6H3;1H/q+1;/p-1/b25-23-,26-24-;. The van der Waals surface area contributed by atoms with Crippen LogP contribution >= 0.6 is 0 Å². The van der Waals surface area contributed by atoms with Crippen LogP contribution in [0.4, 0.5) is 0 Å². The SMILES string of the molecule is CCCCCCCC/C=C\CCCCCCCCOC(CC)CC(C[N+](C)(C)CCO)C(CC)OCCCCCCCC/C=C\CCCCCCCC.[Br-]. The van der Waals surface area contributed by atoms with E-state index in [0.717, 1.165) is 50.0 Å². The molecule has 0 rings (SSSR count). The highest BCUT2D eigenvalue weighted by atomic mass is 79.9. The van der Waals surface area contributed by atoms with Crippen molar-refractivity contribution in [3.05, 3.63) is 24.3 Å². The zero-order chi connectivity index (χ0) is 38.9. The van der Waals surface area contributed by atoms with E-state index in [1.165, 1.54) is 180 Å². The Morgan fingerprint density at radius 3 is 1.22 bits per heavy atom. The van der Waals surface area contributed by atoms with Crippen LogP contribution in [0.2, 0.25) is 0 Å². The molecular formula is C49H98BrNO3. The Kier molecular flexibility index (Phi) is 45.5. The molecule has 0 bridgehead atoms. The van der Waals surface area contributed by atoms with Crippen LogP contribution in [0.5, 0.6) is 0 Å². The third-order valence-corrected chi connectivity index (χ3v) is 11.4. The molecule has 0 aromatic carbocycles. The summed E-state index contributed by atoms with van der Waals surface area (Å²) in [7, 11) is 4.52. The molecule has 4 nitrogen and oxygen atoms in total. The fraction of sp³-hybridized carbons (Fsp3) is 0.918. The van der Waals surface area contributed by atoms with Gasteiger partial charge in [0.1, 0.15) is 6.54 Å². The molecule has 54 heavy (non-hydrogen) atoms. The fourth-order valence-corrected chi connectivity index (χ4v) is 7.80. The Hall–Kier alpha value is -0.200. The lowest BCUT2D eigenvalue weighted by atomic mass is 9.91. The van der Waals surface area contributed by atoms with E-state index >= 15 is 0 Å². The van der Waals surface area contributed by atoms with Gasteiger partial charge in [-0.15, -0.1) is 0 Å². The van der Waals surface area contributed by atoms with Gasteiger partial charge in [0, 0.05) is 19.1 Å². The first-order valence-electron chi connectivity index (χ1n) is 23.9. The van der Waals surface area contributed by atoms with Gasteiger partial charge >= 0.3 is 0 Å². The van der Waals surface area contributed by atoms with Crippen molar-refractivity contribution >= 4 is 0 Å². The van der Waals surface area contributed by atoms with Gasteiger partial charge in [-0.05, 0) is 83.5 Å². The van der Waals surface area contributed by atoms with E-state index in [9.17, 15) is 5.11 Å². The number of aliphatic hydroxyl groups excluding tert-OH is 1. The molecule has 0 saturated heterocycles. The van der Waals surface area contributed by atoms with E-state index in [-0.39, 0.29) is 29.7 Å². The van der Waals surface area contributed by atoms with Crippen LogP contribution < -0.4 is 17.0 Å². The molecule has 0 radical (unpaired) electrons. The number of nitrogens with zero attached hydrogens (tertiary/aromatic N) is 1. The Morgan fingerprint density at radius 2 is 0.852 bits per heavy atom. The number of unbranched alkanes of at least 4 members (excludes halogenated alkanes) is 24. The molecule has 5 heteroatoms. The molecule has 0 aliphatic heterocycles. The van der Waals surface area contributed by atoms with Gasteiger partial charge in [0.05, 0.1) is 39.5 Å². The van der Waals surface area contributed by atoms with E-state index in [2.05, 4.69) is 66.1 Å². The number of likely N-dealkylation sites (N-methyl/N-ethyl adjacent to an activating group) is 1. The minimum Gasteiger partial charge on any atom is -1.00 e. The summed E-state index contributed by atoms with van der Waals surface area (Å²) in [4.78, 5) is 0. The van der Waals surface area contributed by atoms with Crippen molar-refractivity contribution < 1.29 is 36.0 Å². The Bertz CT molecular complexity index is 772.